The fourth-order valence-electron chi connectivity index (χ4n) is 3.46. The fraction of sp³-hybridized carbons (Fsp3) is 0.370. The summed E-state index contributed by atoms with van der Waals surface area (Å²) in [6.07, 6.45) is 0. The van der Waals surface area contributed by atoms with Crippen LogP contribution in [0.1, 0.15) is 33.4 Å². The van der Waals surface area contributed by atoms with E-state index >= 15 is 0 Å². The lowest BCUT2D eigenvalue weighted by Crippen LogP contribution is -2.42. The molecule has 0 saturated carbocycles. The van der Waals surface area contributed by atoms with E-state index in [9.17, 15) is 9.59 Å². The van der Waals surface area contributed by atoms with Gasteiger partial charge in [0.05, 0.1) is 34.6 Å². The van der Waals surface area contributed by atoms with E-state index in [4.69, 9.17) is 37.8 Å². The number of carbonyl (C=O) groups is 2. The van der Waals surface area contributed by atoms with Crippen molar-refractivity contribution in [2.45, 2.75) is 33.1 Å². The third-order valence-corrected chi connectivity index (χ3v) is 6.24. The zero-order valence-electron chi connectivity index (χ0n) is 22.2. The summed E-state index contributed by atoms with van der Waals surface area (Å²) >= 11 is 12.3. The number of nitrogens with zero attached hydrogens (tertiary/aromatic N) is 3. The number of methoxy groups -OCH3 is 1. The summed E-state index contributed by atoms with van der Waals surface area (Å²) in [4.78, 5) is 27.5. The number of ether oxygens (including phenoxy) is 2. The number of rotatable bonds is 10. The van der Waals surface area contributed by atoms with E-state index in [1.807, 2.05) is 27.7 Å². The van der Waals surface area contributed by atoms with Gasteiger partial charge in [-0.05, 0) is 49.4 Å². The molecule has 3 amide bonds. The minimum absolute atomic E-state index is 0.205. The number of anilines is 2. The summed E-state index contributed by atoms with van der Waals surface area (Å²) in [5.41, 5.74) is 1.70. The van der Waals surface area contributed by atoms with Crippen LogP contribution in [0.3, 0.4) is 0 Å². The van der Waals surface area contributed by atoms with Crippen molar-refractivity contribution < 1.29 is 19.1 Å². The molecule has 0 bridgehead atoms. The molecule has 2 N–H and O–H groups in total. The van der Waals surface area contributed by atoms with Crippen molar-refractivity contribution in [3.05, 3.63) is 64.3 Å². The predicted octanol–water partition coefficient (Wildman–Crippen LogP) is 5.99. The molecule has 1 aromatic heterocycles. The molecule has 3 aromatic rings. The van der Waals surface area contributed by atoms with Gasteiger partial charge in [-0.3, -0.25) is 4.79 Å². The van der Waals surface area contributed by atoms with Gasteiger partial charge in [0.2, 0.25) is 5.91 Å². The fourth-order valence-corrected chi connectivity index (χ4v) is 3.76. The Morgan fingerprint density at radius 2 is 1.74 bits per heavy atom. The van der Waals surface area contributed by atoms with E-state index < -0.39 is 11.9 Å². The number of halogens is 2. The van der Waals surface area contributed by atoms with E-state index in [1.54, 1.807) is 53.2 Å². The Bertz CT molecular complexity index is 1260. The summed E-state index contributed by atoms with van der Waals surface area (Å²) < 4.78 is 12.2. The number of hydrogen-bond donors (Lipinski definition) is 2. The van der Waals surface area contributed by atoms with Crippen molar-refractivity contribution in [2.75, 3.05) is 44.0 Å². The van der Waals surface area contributed by atoms with Crippen LogP contribution in [-0.2, 0) is 14.9 Å². The summed E-state index contributed by atoms with van der Waals surface area (Å²) in [5.74, 6) is 0.746. The lowest BCUT2D eigenvalue weighted by Gasteiger charge is -2.22. The highest BCUT2D eigenvalue weighted by molar-refractivity contribution is 6.42. The number of amides is 3. The second-order valence-electron chi connectivity index (χ2n) is 9.53. The molecule has 2 aromatic carbocycles. The van der Waals surface area contributed by atoms with Gasteiger partial charge in [0.1, 0.15) is 18.1 Å². The van der Waals surface area contributed by atoms with Crippen molar-refractivity contribution in [3.8, 4) is 11.4 Å². The van der Waals surface area contributed by atoms with Crippen LogP contribution >= 0.6 is 23.2 Å². The molecule has 11 heteroatoms. The normalized spacial score (nSPS) is 11.2. The van der Waals surface area contributed by atoms with Crippen molar-refractivity contribution in [2.24, 2.45) is 0 Å². The average molecular weight is 562 g/mol. The van der Waals surface area contributed by atoms with Gasteiger partial charge in [0.25, 0.3) is 0 Å². The minimum Gasteiger partial charge on any atom is -0.494 e. The Hall–Kier alpha value is -3.27. The van der Waals surface area contributed by atoms with Crippen molar-refractivity contribution >= 4 is 46.6 Å². The van der Waals surface area contributed by atoms with Crippen molar-refractivity contribution in [1.29, 1.82) is 0 Å². The molecule has 0 radical (unpaired) electrons. The molecule has 0 spiro atoms. The quantitative estimate of drug-likeness (QED) is 0.316. The first-order chi connectivity index (χ1) is 18.0. The van der Waals surface area contributed by atoms with Gasteiger partial charge < -0.3 is 25.0 Å². The Morgan fingerprint density at radius 3 is 2.34 bits per heavy atom. The number of hydrogen-bond acceptors (Lipinski definition) is 5. The monoisotopic (exact) mass is 561 g/mol. The Morgan fingerprint density at radius 1 is 1.03 bits per heavy atom. The molecular formula is C27H33Cl2N5O4. The van der Waals surface area contributed by atoms with Crippen molar-refractivity contribution in [3.63, 3.8) is 0 Å². The van der Waals surface area contributed by atoms with Crippen LogP contribution in [0, 0.1) is 0 Å². The molecule has 0 unspecified atom stereocenters. The zero-order chi connectivity index (χ0) is 27.9. The molecule has 0 aliphatic heterocycles. The van der Waals surface area contributed by atoms with E-state index in [0.717, 1.165) is 5.69 Å². The number of aromatic nitrogens is 2. The summed E-state index contributed by atoms with van der Waals surface area (Å²) in [5, 5.41) is 11.2. The van der Waals surface area contributed by atoms with Gasteiger partial charge in [0.15, 0.2) is 0 Å². The van der Waals surface area contributed by atoms with E-state index in [-0.39, 0.29) is 25.1 Å². The van der Waals surface area contributed by atoms with Crippen molar-refractivity contribution in [1.82, 2.24) is 14.7 Å². The highest BCUT2D eigenvalue weighted by Gasteiger charge is 2.23. The summed E-state index contributed by atoms with van der Waals surface area (Å²) in [6.45, 7) is 8.80. The number of nitrogens with one attached hydrogen (secondary N) is 2. The van der Waals surface area contributed by atoms with Crippen LogP contribution in [0.4, 0.5) is 16.3 Å². The molecule has 9 nitrogen and oxygen atoms in total. The molecule has 0 aliphatic carbocycles. The third-order valence-electron chi connectivity index (χ3n) is 5.50. The molecule has 0 saturated heterocycles. The van der Waals surface area contributed by atoms with Crippen LogP contribution in [0.15, 0.2) is 48.5 Å². The maximum Gasteiger partial charge on any atom is 0.322 e. The molecule has 1 heterocycles. The van der Waals surface area contributed by atoms with Gasteiger partial charge in [-0.25, -0.2) is 9.48 Å². The van der Waals surface area contributed by atoms with Crippen LogP contribution in [-0.4, -0.2) is 60.0 Å². The second-order valence-corrected chi connectivity index (χ2v) is 10.3. The number of benzene rings is 2. The first-order valence-corrected chi connectivity index (χ1v) is 12.9. The molecule has 204 valence electrons. The largest absolute Gasteiger partial charge is 0.494 e. The minimum atomic E-state index is -0.435. The van der Waals surface area contributed by atoms with Gasteiger partial charge >= 0.3 is 6.03 Å². The molecular weight excluding hydrogens is 529 g/mol. The Kier molecular flexibility index (Phi) is 10.0. The smallest absolute Gasteiger partial charge is 0.322 e. The van der Waals surface area contributed by atoms with Crippen LogP contribution < -0.4 is 15.4 Å². The molecule has 0 fully saturated rings. The highest BCUT2D eigenvalue weighted by Crippen LogP contribution is 2.29. The van der Waals surface area contributed by atoms with Gasteiger partial charge in [-0.1, -0.05) is 44.0 Å². The first kappa shape index (κ1) is 29.3. The van der Waals surface area contributed by atoms with E-state index in [1.165, 1.54) is 12.0 Å². The van der Waals surface area contributed by atoms with Gasteiger partial charge in [0, 0.05) is 30.8 Å². The van der Waals surface area contributed by atoms with E-state index in [0.29, 0.717) is 39.6 Å². The zero-order valence-corrected chi connectivity index (χ0v) is 23.7. The molecule has 3 rings (SSSR count). The lowest BCUT2D eigenvalue weighted by molar-refractivity contribution is -0.116. The second kappa shape index (κ2) is 13.0. The average Bonchev–Trinajstić information content (AvgIpc) is 3.29. The van der Waals surface area contributed by atoms with Crippen LogP contribution in [0.5, 0.6) is 5.75 Å². The number of urea groups is 1. The maximum absolute atomic E-state index is 13.1. The summed E-state index contributed by atoms with van der Waals surface area (Å²) in [6, 6.07) is 13.5. The Labute approximate surface area is 233 Å². The summed E-state index contributed by atoms with van der Waals surface area (Å²) in [7, 11) is 1.53. The van der Waals surface area contributed by atoms with Gasteiger partial charge in [-0.2, -0.15) is 5.10 Å². The molecule has 0 aliphatic rings. The highest BCUT2D eigenvalue weighted by atomic mass is 35.5. The van der Waals surface area contributed by atoms with Gasteiger partial charge in [-0.15, -0.1) is 0 Å². The maximum atomic E-state index is 13.1. The third kappa shape index (κ3) is 7.86. The SMILES string of the molecule is CCOc1ccc(NC(=O)N(CCOC)CC(=O)Nc2cc(C(C)(C)C)nn2-c2ccc(Cl)c(Cl)c2)cc1. The van der Waals surface area contributed by atoms with Crippen LogP contribution in [0.2, 0.25) is 10.0 Å². The van der Waals surface area contributed by atoms with Crippen LogP contribution in [0.25, 0.3) is 5.69 Å². The molecule has 38 heavy (non-hydrogen) atoms. The van der Waals surface area contributed by atoms with E-state index in [2.05, 4.69) is 10.6 Å². The predicted molar refractivity (Wildman–Crippen MR) is 151 cm³/mol. The number of carbonyl (C=O) groups excluding carboxylic acids is 2. The Balaban J connectivity index is 1.79. The standard InChI is InChI=1S/C27H33Cl2N5O4/c1-6-38-20-10-7-18(8-11-20)30-26(36)33(13-14-37-5)17-25(35)31-24-16-23(27(2,3)4)32-34(24)19-9-12-21(28)22(29)15-19/h7-12,15-16H,6,13-14,17H2,1-5H3,(H,30,36)(H,31,35). The molecule has 0 atom stereocenters. The lowest BCUT2D eigenvalue weighted by atomic mass is 9.92. The first-order valence-electron chi connectivity index (χ1n) is 12.2. The topological polar surface area (TPSA) is 97.7 Å².